The molecule has 0 saturated carbocycles. The number of carbonyl (C=O) groups is 1. The lowest BCUT2D eigenvalue weighted by atomic mass is 10.0. The standard InChI is InChI=1S/C14H10ClFO2/c1-18-11-6-7-12(13(16)8-11)14(17)9-2-4-10(15)5-3-9/h2-8H,1H3. The van der Waals surface area contributed by atoms with Gasteiger partial charge in [0.25, 0.3) is 0 Å². The molecule has 92 valence electrons. The molecule has 0 saturated heterocycles. The van der Waals surface area contributed by atoms with Crippen LogP contribution in [0.25, 0.3) is 0 Å². The summed E-state index contributed by atoms with van der Waals surface area (Å²) in [5.41, 5.74) is 0.404. The second-order valence-corrected chi connectivity index (χ2v) is 4.12. The van der Waals surface area contributed by atoms with Gasteiger partial charge in [-0.3, -0.25) is 4.79 Å². The molecule has 0 radical (unpaired) electrons. The van der Waals surface area contributed by atoms with Gasteiger partial charge in [-0.05, 0) is 36.4 Å². The first-order chi connectivity index (χ1) is 8.61. The number of ketones is 1. The summed E-state index contributed by atoms with van der Waals surface area (Å²) < 4.78 is 18.6. The smallest absolute Gasteiger partial charge is 0.195 e. The van der Waals surface area contributed by atoms with Crippen molar-refractivity contribution in [3.05, 3.63) is 64.4 Å². The summed E-state index contributed by atoms with van der Waals surface area (Å²) in [6.45, 7) is 0. The summed E-state index contributed by atoms with van der Waals surface area (Å²) >= 11 is 5.73. The SMILES string of the molecule is COc1ccc(C(=O)c2ccc(Cl)cc2)c(F)c1. The monoisotopic (exact) mass is 264 g/mol. The fourth-order valence-corrected chi connectivity index (χ4v) is 1.69. The summed E-state index contributed by atoms with van der Waals surface area (Å²) in [5, 5.41) is 0.529. The number of ether oxygens (including phenoxy) is 1. The number of carbonyl (C=O) groups excluding carboxylic acids is 1. The molecule has 4 heteroatoms. The second kappa shape index (κ2) is 5.19. The van der Waals surface area contributed by atoms with Gasteiger partial charge in [0.15, 0.2) is 5.78 Å². The van der Waals surface area contributed by atoms with Gasteiger partial charge in [-0.2, -0.15) is 0 Å². The molecule has 2 aromatic carbocycles. The van der Waals surface area contributed by atoms with E-state index in [-0.39, 0.29) is 11.3 Å². The summed E-state index contributed by atoms with van der Waals surface area (Å²) in [6, 6.07) is 10.5. The number of hydrogen-bond acceptors (Lipinski definition) is 2. The highest BCUT2D eigenvalue weighted by Gasteiger charge is 2.14. The molecule has 0 heterocycles. The van der Waals surface area contributed by atoms with Crippen LogP contribution in [0.2, 0.25) is 5.02 Å². The van der Waals surface area contributed by atoms with Crippen molar-refractivity contribution in [2.45, 2.75) is 0 Å². The van der Waals surface area contributed by atoms with Crippen LogP contribution in [0.1, 0.15) is 15.9 Å². The first-order valence-electron chi connectivity index (χ1n) is 5.25. The van der Waals surface area contributed by atoms with Crippen LogP contribution in [0.15, 0.2) is 42.5 Å². The lowest BCUT2D eigenvalue weighted by molar-refractivity contribution is 0.103. The third-order valence-corrected chi connectivity index (χ3v) is 2.78. The molecule has 2 aromatic rings. The molecule has 0 unspecified atom stereocenters. The summed E-state index contributed by atoms with van der Waals surface area (Å²) in [6.07, 6.45) is 0. The zero-order chi connectivity index (χ0) is 13.1. The average molecular weight is 265 g/mol. The Hall–Kier alpha value is -1.87. The van der Waals surface area contributed by atoms with Crippen molar-refractivity contribution in [2.75, 3.05) is 7.11 Å². The molecule has 0 aliphatic heterocycles. The highest BCUT2D eigenvalue weighted by atomic mass is 35.5. The van der Waals surface area contributed by atoms with Crippen LogP contribution in [0.3, 0.4) is 0 Å². The van der Waals surface area contributed by atoms with Gasteiger partial charge >= 0.3 is 0 Å². The molecule has 0 N–H and O–H groups in total. The van der Waals surface area contributed by atoms with Gasteiger partial charge in [0.1, 0.15) is 11.6 Å². The first kappa shape index (κ1) is 12.6. The molecule has 0 amide bonds. The van der Waals surface area contributed by atoms with Crippen molar-refractivity contribution in [2.24, 2.45) is 0 Å². The first-order valence-corrected chi connectivity index (χ1v) is 5.63. The fourth-order valence-electron chi connectivity index (χ4n) is 1.56. The molecule has 2 nitrogen and oxygen atoms in total. The molecule has 0 aliphatic carbocycles. The van der Waals surface area contributed by atoms with Gasteiger partial charge in [0.2, 0.25) is 0 Å². The average Bonchev–Trinajstić information content (AvgIpc) is 2.38. The lowest BCUT2D eigenvalue weighted by Crippen LogP contribution is -2.04. The highest BCUT2D eigenvalue weighted by Crippen LogP contribution is 2.20. The molecule has 0 aliphatic rings. The van der Waals surface area contributed by atoms with E-state index in [2.05, 4.69) is 0 Å². The maximum Gasteiger partial charge on any atom is 0.195 e. The molecule has 18 heavy (non-hydrogen) atoms. The van der Waals surface area contributed by atoms with E-state index in [1.165, 1.54) is 19.2 Å². The molecule has 0 aromatic heterocycles. The Bertz CT molecular complexity index is 579. The number of benzene rings is 2. The highest BCUT2D eigenvalue weighted by molar-refractivity contribution is 6.30. The van der Waals surface area contributed by atoms with Crippen LogP contribution in [0.4, 0.5) is 4.39 Å². The van der Waals surface area contributed by atoms with Gasteiger partial charge in [-0.15, -0.1) is 0 Å². The van der Waals surface area contributed by atoms with Gasteiger partial charge in [0, 0.05) is 16.7 Å². The van der Waals surface area contributed by atoms with E-state index in [0.29, 0.717) is 16.3 Å². The van der Waals surface area contributed by atoms with Gasteiger partial charge in [-0.25, -0.2) is 4.39 Å². The van der Waals surface area contributed by atoms with Crippen molar-refractivity contribution in [1.29, 1.82) is 0 Å². The van der Waals surface area contributed by atoms with Crippen molar-refractivity contribution in [3.63, 3.8) is 0 Å². The van der Waals surface area contributed by atoms with Crippen LogP contribution < -0.4 is 4.74 Å². The predicted molar refractivity (Wildman–Crippen MR) is 67.8 cm³/mol. The Morgan fingerprint density at radius 2 is 1.83 bits per heavy atom. The second-order valence-electron chi connectivity index (χ2n) is 3.68. The molecular weight excluding hydrogens is 255 g/mol. The Morgan fingerprint density at radius 3 is 2.39 bits per heavy atom. The number of halogens is 2. The van der Waals surface area contributed by atoms with Crippen molar-refractivity contribution in [3.8, 4) is 5.75 Å². The van der Waals surface area contributed by atoms with Gasteiger partial charge < -0.3 is 4.74 Å². The van der Waals surface area contributed by atoms with Crippen molar-refractivity contribution < 1.29 is 13.9 Å². The minimum Gasteiger partial charge on any atom is -0.497 e. The Balaban J connectivity index is 2.37. The molecule has 0 spiro atoms. The maximum atomic E-state index is 13.7. The molecular formula is C14H10ClFO2. The van der Waals surface area contributed by atoms with E-state index in [1.807, 2.05) is 0 Å². The molecule has 0 fully saturated rings. The van der Waals surface area contributed by atoms with Crippen LogP contribution >= 0.6 is 11.6 Å². The zero-order valence-corrected chi connectivity index (χ0v) is 10.4. The predicted octanol–water partition coefficient (Wildman–Crippen LogP) is 3.72. The quantitative estimate of drug-likeness (QED) is 0.790. The fraction of sp³-hybridized carbons (Fsp3) is 0.0714. The topological polar surface area (TPSA) is 26.3 Å². The van der Waals surface area contributed by atoms with Crippen LogP contribution in [-0.2, 0) is 0 Å². The minimum absolute atomic E-state index is 0.0122. The van der Waals surface area contributed by atoms with E-state index in [9.17, 15) is 9.18 Å². The van der Waals surface area contributed by atoms with Crippen molar-refractivity contribution in [1.82, 2.24) is 0 Å². The Morgan fingerprint density at radius 1 is 1.17 bits per heavy atom. The van der Waals surface area contributed by atoms with Crippen molar-refractivity contribution >= 4 is 17.4 Å². The summed E-state index contributed by atoms with van der Waals surface area (Å²) in [5.74, 6) is -0.610. The van der Waals surface area contributed by atoms with Crippen LogP contribution in [0.5, 0.6) is 5.75 Å². The van der Waals surface area contributed by atoms with E-state index >= 15 is 0 Å². The third kappa shape index (κ3) is 2.51. The summed E-state index contributed by atoms with van der Waals surface area (Å²) in [4.78, 5) is 12.1. The van der Waals surface area contributed by atoms with Crippen LogP contribution in [-0.4, -0.2) is 12.9 Å². The normalized spacial score (nSPS) is 10.2. The van der Waals surface area contributed by atoms with E-state index in [0.717, 1.165) is 0 Å². The number of methoxy groups -OCH3 is 1. The zero-order valence-electron chi connectivity index (χ0n) is 9.61. The molecule has 0 bridgehead atoms. The van der Waals surface area contributed by atoms with Crippen LogP contribution in [0, 0.1) is 5.82 Å². The molecule has 0 atom stereocenters. The van der Waals surface area contributed by atoms with E-state index < -0.39 is 5.82 Å². The largest absolute Gasteiger partial charge is 0.497 e. The Kier molecular flexibility index (Phi) is 3.63. The van der Waals surface area contributed by atoms with E-state index in [4.69, 9.17) is 16.3 Å². The van der Waals surface area contributed by atoms with Gasteiger partial charge in [0.05, 0.1) is 12.7 Å². The van der Waals surface area contributed by atoms with Gasteiger partial charge in [-0.1, -0.05) is 11.6 Å². The Labute approximate surface area is 109 Å². The van der Waals surface area contributed by atoms with E-state index in [1.54, 1.807) is 30.3 Å². The minimum atomic E-state index is -0.602. The lowest BCUT2D eigenvalue weighted by Gasteiger charge is -2.05. The molecule has 2 rings (SSSR count). The number of rotatable bonds is 3. The summed E-state index contributed by atoms with van der Waals surface area (Å²) in [7, 11) is 1.44. The maximum absolute atomic E-state index is 13.7. The third-order valence-electron chi connectivity index (χ3n) is 2.53. The number of hydrogen-bond donors (Lipinski definition) is 0.